The molecule has 0 bridgehead atoms. The van der Waals surface area contributed by atoms with Gasteiger partial charge in [-0.05, 0) is 31.5 Å². The Kier molecular flexibility index (Phi) is 5.34. The number of nitrogens with zero attached hydrogens (tertiary/aromatic N) is 1. The lowest BCUT2D eigenvalue weighted by atomic mass is 10.2. The van der Waals surface area contributed by atoms with E-state index in [9.17, 15) is 13.2 Å². The van der Waals surface area contributed by atoms with Crippen LogP contribution in [0.4, 0.5) is 0 Å². The molecular formula is C12H17ClN2O3S. The van der Waals surface area contributed by atoms with Crippen LogP contribution in [0.3, 0.4) is 0 Å². The van der Waals surface area contributed by atoms with Crippen molar-refractivity contribution >= 4 is 27.5 Å². The summed E-state index contributed by atoms with van der Waals surface area (Å²) in [6.45, 7) is 4.97. The molecule has 2 N–H and O–H groups in total. The fraction of sp³-hybridized carbons (Fsp3) is 0.417. The zero-order chi connectivity index (χ0) is 14.6. The van der Waals surface area contributed by atoms with Crippen LogP contribution in [0.5, 0.6) is 0 Å². The van der Waals surface area contributed by atoms with Crippen molar-refractivity contribution in [2.45, 2.75) is 25.2 Å². The summed E-state index contributed by atoms with van der Waals surface area (Å²) in [4.78, 5) is 13.7. The molecule has 106 valence electrons. The maximum Gasteiger partial charge on any atom is 0.253 e. The lowest BCUT2D eigenvalue weighted by molar-refractivity contribution is 0.0764. The molecule has 0 atom stereocenters. The van der Waals surface area contributed by atoms with Crippen molar-refractivity contribution < 1.29 is 13.2 Å². The number of carbonyl (C=O) groups is 1. The van der Waals surface area contributed by atoms with Gasteiger partial charge in [-0.25, -0.2) is 13.6 Å². The Morgan fingerprint density at radius 1 is 1.32 bits per heavy atom. The van der Waals surface area contributed by atoms with Crippen molar-refractivity contribution in [3.63, 3.8) is 0 Å². The normalized spacial score (nSPS) is 11.4. The van der Waals surface area contributed by atoms with Gasteiger partial charge in [0, 0.05) is 23.7 Å². The quantitative estimate of drug-likeness (QED) is 0.901. The predicted octanol–water partition coefficient (Wildman–Crippen LogP) is 1.86. The number of carbonyl (C=O) groups excluding carboxylic acids is 1. The van der Waals surface area contributed by atoms with Crippen LogP contribution in [0, 0.1) is 0 Å². The predicted molar refractivity (Wildman–Crippen MR) is 74.7 cm³/mol. The lowest BCUT2D eigenvalue weighted by Crippen LogP contribution is -2.31. The van der Waals surface area contributed by atoms with Crippen molar-refractivity contribution in [2.75, 3.05) is 13.1 Å². The second-order valence-corrected chi connectivity index (χ2v) is 6.10. The van der Waals surface area contributed by atoms with Gasteiger partial charge in [0.25, 0.3) is 5.91 Å². The zero-order valence-corrected chi connectivity index (χ0v) is 12.5. The van der Waals surface area contributed by atoms with E-state index < -0.39 is 10.0 Å². The summed E-state index contributed by atoms with van der Waals surface area (Å²) in [7, 11) is -3.88. The van der Waals surface area contributed by atoms with E-state index in [4.69, 9.17) is 16.7 Å². The number of rotatable bonds is 5. The SMILES string of the molecule is CCCN(CC)C(=O)c1cc(Cl)cc(S(N)(=O)=O)c1. The summed E-state index contributed by atoms with van der Waals surface area (Å²) in [6.07, 6.45) is 0.822. The molecule has 0 spiro atoms. The molecule has 1 amide bonds. The number of nitrogens with two attached hydrogens (primary N) is 1. The van der Waals surface area contributed by atoms with Crippen LogP contribution in [0.15, 0.2) is 23.1 Å². The molecule has 1 rings (SSSR count). The van der Waals surface area contributed by atoms with Gasteiger partial charge in [-0.15, -0.1) is 0 Å². The highest BCUT2D eigenvalue weighted by Gasteiger charge is 2.17. The van der Waals surface area contributed by atoms with Crippen LogP contribution < -0.4 is 5.14 Å². The molecule has 1 aromatic carbocycles. The van der Waals surface area contributed by atoms with Gasteiger partial charge in [-0.2, -0.15) is 0 Å². The van der Waals surface area contributed by atoms with E-state index in [1.807, 2.05) is 13.8 Å². The smallest absolute Gasteiger partial charge is 0.253 e. The highest BCUT2D eigenvalue weighted by Crippen LogP contribution is 2.19. The van der Waals surface area contributed by atoms with Crippen molar-refractivity contribution in [2.24, 2.45) is 5.14 Å². The summed E-state index contributed by atoms with van der Waals surface area (Å²) in [6, 6.07) is 3.92. The third-order valence-electron chi connectivity index (χ3n) is 2.61. The Morgan fingerprint density at radius 3 is 2.42 bits per heavy atom. The van der Waals surface area contributed by atoms with Gasteiger partial charge in [-0.3, -0.25) is 4.79 Å². The van der Waals surface area contributed by atoms with Crippen LogP contribution in [-0.4, -0.2) is 32.3 Å². The minimum atomic E-state index is -3.88. The highest BCUT2D eigenvalue weighted by molar-refractivity contribution is 7.89. The molecule has 0 aliphatic heterocycles. The first kappa shape index (κ1) is 15.9. The molecule has 0 aliphatic rings. The molecule has 0 saturated carbocycles. The second kappa shape index (κ2) is 6.36. The zero-order valence-electron chi connectivity index (χ0n) is 10.9. The molecule has 7 heteroatoms. The molecular weight excluding hydrogens is 288 g/mol. The molecule has 0 radical (unpaired) electrons. The molecule has 1 aromatic rings. The molecule has 0 aliphatic carbocycles. The summed E-state index contributed by atoms with van der Waals surface area (Å²) in [5.74, 6) is -0.253. The Bertz CT molecular complexity index is 572. The molecule has 19 heavy (non-hydrogen) atoms. The molecule has 0 saturated heterocycles. The topological polar surface area (TPSA) is 80.5 Å². The largest absolute Gasteiger partial charge is 0.339 e. The van der Waals surface area contributed by atoms with Gasteiger partial charge in [-0.1, -0.05) is 18.5 Å². The van der Waals surface area contributed by atoms with Gasteiger partial charge >= 0.3 is 0 Å². The second-order valence-electron chi connectivity index (χ2n) is 4.11. The Hall–Kier alpha value is -1.11. The molecule has 0 fully saturated rings. The van der Waals surface area contributed by atoms with Crippen LogP contribution >= 0.6 is 11.6 Å². The number of hydrogen-bond donors (Lipinski definition) is 1. The minimum Gasteiger partial charge on any atom is -0.339 e. The van der Waals surface area contributed by atoms with Crippen LogP contribution in [-0.2, 0) is 10.0 Å². The van der Waals surface area contributed by atoms with Crippen LogP contribution in [0.2, 0.25) is 5.02 Å². The van der Waals surface area contributed by atoms with E-state index in [1.165, 1.54) is 18.2 Å². The first-order chi connectivity index (χ1) is 8.79. The van der Waals surface area contributed by atoms with Crippen molar-refractivity contribution in [1.82, 2.24) is 4.90 Å². The summed E-state index contributed by atoms with van der Waals surface area (Å²) < 4.78 is 22.6. The maximum atomic E-state index is 12.2. The minimum absolute atomic E-state index is 0.157. The standard InChI is InChI=1S/C12H17ClN2O3S/c1-3-5-15(4-2)12(16)9-6-10(13)8-11(7-9)19(14,17)18/h6-8H,3-5H2,1-2H3,(H2,14,17,18). The average Bonchev–Trinajstić information content (AvgIpc) is 2.33. The van der Waals surface area contributed by atoms with E-state index in [0.717, 1.165) is 6.42 Å². The van der Waals surface area contributed by atoms with Crippen molar-refractivity contribution in [3.05, 3.63) is 28.8 Å². The van der Waals surface area contributed by atoms with Crippen LogP contribution in [0.1, 0.15) is 30.6 Å². The van der Waals surface area contributed by atoms with Gasteiger partial charge < -0.3 is 4.90 Å². The molecule has 0 unspecified atom stereocenters. The van der Waals surface area contributed by atoms with E-state index >= 15 is 0 Å². The third kappa shape index (κ3) is 4.19. The van der Waals surface area contributed by atoms with E-state index in [0.29, 0.717) is 13.1 Å². The number of primary sulfonamides is 1. The number of hydrogen-bond acceptors (Lipinski definition) is 3. The van der Waals surface area contributed by atoms with Gasteiger partial charge in [0.2, 0.25) is 10.0 Å². The highest BCUT2D eigenvalue weighted by atomic mass is 35.5. The monoisotopic (exact) mass is 304 g/mol. The molecule has 0 aromatic heterocycles. The summed E-state index contributed by atoms with van der Waals surface area (Å²) in [5.41, 5.74) is 0.229. The van der Waals surface area contributed by atoms with E-state index in [-0.39, 0.29) is 21.4 Å². The number of benzene rings is 1. The Labute approximate surface area is 118 Å². The van der Waals surface area contributed by atoms with Crippen LogP contribution in [0.25, 0.3) is 0 Å². The lowest BCUT2D eigenvalue weighted by Gasteiger charge is -2.20. The third-order valence-corrected chi connectivity index (χ3v) is 3.72. The number of sulfonamides is 1. The Morgan fingerprint density at radius 2 is 1.95 bits per heavy atom. The van der Waals surface area contributed by atoms with Crippen molar-refractivity contribution in [3.8, 4) is 0 Å². The molecule has 5 nitrogen and oxygen atoms in total. The average molecular weight is 305 g/mol. The van der Waals surface area contributed by atoms with Crippen molar-refractivity contribution in [1.29, 1.82) is 0 Å². The number of halogens is 1. The number of amides is 1. The fourth-order valence-corrected chi connectivity index (χ4v) is 2.59. The summed E-state index contributed by atoms with van der Waals surface area (Å²) >= 11 is 5.83. The maximum absolute atomic E-state index is 12.2. The summed E-state index contributed by atoms with van der Waals surface area (Å²) in [5, 5.41) is 5.22. The first-order valence-electron chi connectivity index (χ1n) is 5.92. The Balaban J connectivity index is 3.20. The fourth-order valence-electron chi connectivity index (χ4n) is 1.71. The molecule has 0 heterocycles. The van der Waals surface area contributed by atoms with Gasteiger partial charge in [0.15, 0.2) is 0 Å². The first-order valence-corrected chi connectivity index (χ1v) is 7.84. The van der Waals surface area contributed by atoms with E-state index in [2.05, 4.69) is 0 Å². The van der Waals surface area contributed by atoms with Gasteiger partial charge in [0.1, 0.15) is 0 Å². The van der Waals surface area contributed by atoms with E-state index in [1.54, 1.807) is 4.90 Å². The van der Waals surface area contributed by atoms with Gasteiger partial charge in [0.05, 0.1) is 4.90 Å².